The molecule has 66 heavy (non-hydrogen) atoms. The molecule has 2 aliphatic rings. The van der Waals surface area contributed by atoms with Crippen LogP contribution in [0.4, 0.5) is 0 Å². The summed E-state index contributed by atoms with van der Waals surface area (Å²) < 4.78 is 50.3. The van der Waals surface area contributed by atoms with E-state index in [4.69, 9.17) is 37.9 Å². The Morgan fingerprint density at radius 2 is 0.924 bits per heavy atom. The van der Waals surface area contributed by atoms with Crippen molar-refractivity contribution in [3.05, 3.63) is 90.6 Å². The molecule has 350 valence electrons. The first-order chi connectivity index (χ1) is 31.9. The van der Waals surface area contributed by atoms with Gasteiger partial charge in [0.05, 0.1) is 24.6 Å². The van der Waals surface area contributed by atoms with Crippen molar-refractivity contribution in [1.29, 1.82) is 0 Å². The standard InChI is InChI=1S/C50H56N2O12S2/c1-29-37(19-23-57-41(53)15-11-17-43(55)59-25-35-27-61-47-31(3)65-33(5)49(47)63-35)39-13-7-9-21-51(39)45(29)46-30(2)38(40-14-8-10-22-52(40)46)20-24-58-42(54)16-12-18-44(56)60-26-36-28-62-48-32(4)66-34(6)50(48)64-36/h7-10,13-14,21-22,35-36H,11-12,15-20,23-28H2,1-6H3. The van der Waals surface area contributed by atoms with Crippen molar-refractivity contribution in [2.24, 2.45) is 0 Å². The van der Waals surface area contributed by atoms with Gasteiger partial charge in [0.15, 0.2) is 35.2 Å². The summed E-state index contributed by atoms with van der Waals surface area (Å²) in [6.45, 7) is 13.3. The first-order valence-electron chi connectivity index (χ1n) is 22.5. The average molecular weight is 941 g/mol. The van der Waals surface area contributed by atoms with E-state index in [-0.39, 0.29) is 76.3 Å². The van der Waals surface area contributed by atoms with Crippen LogP contribution < -0.4 is 18.9 Å². The van der Waals surface area contributed by atoms with E-state index in [1.807, 2.05) is 64.4 Å². The first-order valence-corrected chi connectivity index (χ1v) is 24.1. The molecule has 14 nitrogen and oxygen atoms in total. The number of rotatable bonds is 19. The lowest BCUT2D eigenvalue weighted by molar-refractivity contribution is -0.149. The molecule has 6 aromatic heterocycles. The number of hydrogen-bond donors (Lipinski definition) is 0. The molecule has 0 spiro atoms. The van der Waals surface area contributed by atoms with Crippen molar-refractivity contribution in [3.63, 3.8) is 0 Å². The van der Waals surface area contributed by atoms with Crippen molar-refractivity contribution in [2.75, 3.05) is 39.6 Å². The maximum atomic E-state index is 12.8. The van der Waals surface area contributed by atoms with Crippen LogP contribution in [-0.2, 0) is 51.0 Å². The van der Waals surface area contributed by atoms with Crippen molar-refractivity contribution >= 4 is 57.6 Å². The molecule has 16 heteroatoms. The van der Waals surface area contributed by atoms with Crippen molar-refractivity contribution in [1.82, 2.24) is 8.80 Å². The Hall–Kier alpha value is -6.00. The van der Waals surface area contributed by atoms with Crippen LogP contribution in [0.25, 0.3) is 22.4 Å². The fraction of sp³-hybridized carbons (Fsp3) is 0.440. The van der Waals surface area contributed by atoms with Crippen LogP contribution in [0.2, 0.25) is 0 Å². The summed E-state index contributed by atoms with van der Waals surface area (Å²) in [5, 5.41) is 0. The van der Waals surface area contributed by atoms with Gasteiger partial charge < -0.3 is 46.7 Å². The van der Waals surface area contributed by atoms with E-state index < -0.39 is 11.9 Å². The number of pyridine rings is 2. The average Bonchev–Trinajstić information content (AvgIpc) is 3.96. The van der Waals surface area contributed by atoms with E-state index in [9.17, 15) is 19.2 Å². The fourth-order valence-corrected chi connectivity index (χ4v) is 10.6. The Labute approximate surface area is 391 Å². The van der Waals surface area contributed by atoms with Gasteiger partial charge in [-0.15, -0.1) is 22.7 Å². The first kappa shape index (κ1) is 46.5. The number of esters is 4. The number of carbonyl (C=O) groups excluding carboxylic acids is 4. The molecule has 8 heterocycles. The summed E-state index contributed by atoms with van der Waals surface area (Å²) >= 11 is 3.22. The van der Waals surface area contributed by atoms with Gasteiger partial charge in [0.1, 0.15) is 26.4 Å². The number of aryl methyl sites for hydroxylation is 4. The lowest BCUT2D eigenvalue weighted by atomic mass is 10.0. The minimum atomic E-state index is -0.399. The zero-order valence-corrected chi connectivity index (χ0v) is 39.9. The van der Waals surface area contributed by atoms with Gasteiger partial charge in [-0.05, 0) is 101 Å². The summed E-state index contributed by atoms with van der Waals surface area (Å²) in [6, 6.07) is 12.1. The summed E-state index contributed by atoms with van der Waals surface area (Å²) in [5.41, 5.74) is 8.34. The Bertz CT molecular complexity index is 2570. The second-order valence-corrected chi connectivity index (χ2v) is 19.5. The Morgan fingerprint density at radius 3 is 1.33 bits per heavy atom. The minimum absolute atomic E-state index is 0.0774. The van der Waals surface area contributed by atoms with Crippen LogP contribution in [0, 0.1) is 41.5 Å². The Kier molecular flexibility index (Phi) is 14.6. The highest BCUT2D eigenvalue weighted by atomic mass is 32.1. The van der Waals surface area contributed by atoms with E-state index in [1.165, 1.54) is 0 Å². The molecule has 6 aromatic rings. The van der Waals surface area contributed by atoms with Gasteiger partial charge in [0.25, 0.3) is 0 Å². The summed E-state index contributed by atoms with van der Waals surface area (Å²) in [7, 11) is 0. The summed E-state index contributed by atoms with van der Waals surface area (Å²) in [5.74, 6) is 1.43. The largest absolute Gasteiger partial charge is 0.485 e. The van der Waals surface area contributed by atoms with Gasteiger partial charge in [-0.25, -0.2) is 0 Å². The molecule has 0 saturated heterocycles. The molecule has 0 aromatic carbocycles. The summed E-state index contributed by atoms with van der Waals surface area (Å²) in [6.07, 6.45) is 5.34. The van der Waals surface area contributed by atoms with E-state index in [0.29, 0.717) is 38.9 Å². The highest BCUT2D eigenvalue weighted by molar-refractivity contribution is 7.12. The predicted octanol–water partition coefficient (Wildman–Crippen LogP) is 9.11. The van der Waals surface area contributed by atoms with Gasteiger partial charge in [0.2, 0.25) is 0 Å². The Balaban J connectivity index is 0.804. The number of nitrogens with zero attached hydrogens (tertiary/aromatic N) is 2. The number of fused-ring (bicyclic) bond motifs is 4. The van der Waals surface area contributed by atoms with Crippen LogP contribution in [0.1, 0.15) is 80.3 Å². The third kappa shape index (κ3) is 10.2. The molecule has 8 rings (SSSR count). The third-order valence-corrected chi connectivity index (χ3v) is 13.9. The lowest BCUT2D eigenvalue weighted by Crippen LogP contribution is -2.34. The lowest BCUT2D eigenvalue weighted by Gasteiger charge is -2.25. The zero-order valence-electron chi connectivity index (χ0n) is 38.3. The molecule has 0 fully saturated rings. The molecular formula is C50H56N2O12S2. The second kappa shape index (κ2) is 20.7. The maximum absolute atomic E-state index is 12.8. The highest BCUT2D eigenvalue weighted by Gasteiger charge is 2.29. The molecule has 0 radical (unpaired) electrons. The number of carbonyl (C=O) groups is 4. The fourth-order valence-electron chi connectivity index (χ4n) is 8.77. The number of ether oxygens (including phenoxy) is 8. The van der Waals surface area contributed by atoms with Crippen LogP contribution in [0.15, 0.2) is 48.8 Å². The molecule has 0 saturated carbocycles. The van der Waals surface area contributed by atoms with Gasteiger partial charge in [0, 0.05) is 81.5 Å². The molecule has 0 amide bonds. The number of aromatic nitrogens is 2. The van der Waals surface area contributed by atoms with E-state index in [2.05, 4.69) is 34.8 Å². The SMILES string of the molecule is Cc1sc(C)c2c1OCC(COC(=O)CCCC(=O)OCCc1c(C)c(-c3c(C)c(CCOC(=O)CCCC(=O)OCC4COc5c(C)sc(C)c5O4)c4ccccn34)n3ccccc13)O2. The van der Waals surface area contributed by atoms with Crippen LogP contribution in [0.3, 0.4) is 0 Å². The summed E-state index contributed by atoms with van der Waals surface area (Å²) in [4.78, 5) is 54.7. The molecule has 0 bridgehead atoms. The van der Waals surface area contributed by atoms with Crippen LogP contribution in [-0.4, -0.2) is 84.5 Å². The monoisotopic (exact) mass is 940 g/mol. The van der Waals surface area contributed by atoms with E-state index >= 15 is 0 Å². The van der Waals surface area contributed by atoms with E-state index in [1.54, 1.807) is 22.7 Å². The normalized spacial score (nSPS) is 15.2. The van der Waals surface area contributed by atoms with E-state index in [0.717, 1.165) is 87.2 Å². The number of hydrogen-bond acceptors (Lipinski definition) is 14. The minimum Gasteiger partial charge on any atom is -0.485 e. The van der Waals surface area contributed by atoms with Crippen molar-refractivity contribution in [3.8, 4) is 34.4 Å². The Morgan fingerprint density at radius 1 is 0.545 bits per heavy atom. The topological polar surface area (TPSA) is 151 Å². The second-order valence-electron chi connectivity index (χ2n) is 16.7. The molecule has 0 aliphatic carbocycles. The predicted molar refractivity (Wildman–Crippen MR) is 250 cm³/mol. The van der Waals surface area contributed by atoms with Gasteiger partial charge in [-0.2, -0.15) is 0 Å². The van der Waals surface area contributed by atoms with Crippen LogP contribution >= 0.6 is 22.7 Å². The quantitative estimate of drug-likeness (QED) is 0.0563. The molecule has 0 N–H and O–H groups in total. The molecular weight excluding hydrogens is 885 g/mol. The zero-order chi connectivity index (χ0) is 46.5. The van der Waals surface area contributed by atoms with Gasteiger partial charge >= 0.3 is 23.9 Å². The highest BCUT2D eigenvalue weighted by Crippen LogP contribution is 2.45. The van der Waals surface area contributed by atoms with Gasteiger partial charge in [-0.3, -0.25) is 19.2 Å². The smallest absolute Gasteiger partial charge is 0.305 e. The van der Waals surface area contributed by atoms with Crippen LogP contribution in [0.5, 0.6) is 23.0 Å². The van der Waals surface area contributed by atoms with Gasteiger partial charge in [-0.1, -0.05) is 12.1 Å². The molecule has 2 aliphatic heterocycles. The molecule has 2 atom stereocenters. The van der Waals surface area contributed by atoms with Crippen molar-refractivity contribution in [2.45, 2.75) is 105 Å². The number of thiophene rings is 2. The van der Waals surface area contributed by atoms with Crippen molar-refractivity contribution < 1.29 is 57.1 Å². The maximum Gasteiger partial charge on any atom is 0.305 e. The molecule has 2 unspecified atom stereocenters. The third-order valence-electron chi connectivity index (χ3n) is 12.0.